The zero-order valence-electron chi connectivity index (χ0n) is 14.9. The smallest absolute Gasteiger partial charge is 0.262 e. The highest BCUT2D eigenvalue weighted by Crippen LogP contribution is 2.22. The van der Waals surface area contributed by atoms with E-state index in [2.05, 4.69) is 10.3 Å². The highest BCUT2D eigenvalue weighted by atomic mass is 35.5. The lowest BCUT2D eigenvalue weighted by molar-refractivity contribution is -0.118. The number of ether oxygens (including phenoxy) is 1. The van der Waals surface area contributed by atoms with Gasteiger partial charge in [0.2, 0.25) is 0 Å². The minimum Gasteiger partial charge on any atom is -0.483 e. The lowest BCUT2D eigenvalue weighted by Crippen LogP contribution is -2.20. The summed E-state index contributed by atoms with van der Waals surface area (Å²) in [5, 5.41) is 3.39. The number of aliphatic imine (C=N–C) groups is 1. The maximum atomic E-state index is 12.2. The first kappa shape index (κ1) is 18.7. The molecule has 0 heterocycles. The molecule has 0 atom stereocenters. The van der Waals surface area contributed by atoms with Crippen LogP contribution in [0.25, 0.3) is 0 Å². The lowest BCUT2D eigenvalue weighted by atomic mass is 10.2. The normalized spacial score (nSPS) is 10.7. The van der Waals surface area contributed by atoms with Crippen LogP contribution < -0.4 is 10.1 Å². The highest BCUT2D eigenvalue weighted by Gasteiger charge is 2.07. The summed E-state index contributed by atoms with van der Waals surface area (Å²) in [4.78, 5) is 16.6. The van der Waals surface area contributed by atoms with Gasteiger partial charge in [0.25, 0.3) is 5.91 Å². The van der Waals surface area contributed by atoms with E-state index in [1.807, 2.05) is 61.5 Å². The Labute approximate surface area is 163 Å². The van der Waals surface area contributed by atoms with Crippen LogP contribution in [0.5, 0.6) is 5.75 Å². The Bertz CT molecular complexity index is 956. The number of rotatable bonds is 6. The van der Waals surface area contributed by atoms with Gasteiger partial charge in [-0.15, -0.1) is 0 Å². The fourth-order valence-electron chi connectivity index (χ4n) is 2.47. The van der Waals surface area contributed by atoms with E-state index >= 15 is 0 Å². The lowest BCUT2D eigenvalue weighted by Gasteiger charge is -2.10. The second-order valence-electron chi connectivity index (χ2n) is 5.98. The molecule has 5 heteroatoms. The maximum Gasteiger partial charge on any atom is 0.262 e. The van der Waals surface area contributed by atoms with E-state index in [9.17, 15) is 4.79 Å². The number of hydrogen-bond acceptors (Lipinski definition) is 3. The molecule has 1 N–H and O–H groups in total. The summed E-state index contributed by atoms with van der Waals surface area (Å²) in [5.74, 6) is 0.306. The number of anilines is 1. The van der Waals surface area contributed by atoms with Crippen molar-refractivity contribution in [1.82, 2.24) is 0 Å². The second kappa shape index (κ2) is 9.01. The van der Waals surface area contributed by atoms with Gasteiger partial charge >= 0.3 is 0 Å². The third-order valence-corrected chi connectivity index (χ3v) is 3.98. The first-order chi connectivity index (χ1) is 13.1. The van der Waals surface area contributed by atoms with Gasteiger partial charge in [0.05, 0.1) is 5.69 Å². The molecule has 0 saturated carbocycles. The highest BCUT2D eigenvalue weighted by molar-refractivity contribution is 6.30. The molecule has 27 heavy (non-hydrogen) atoms. The van der Waals surface area contributed by atoms with Crippen LogP contribution in [0, 0.1) is 6.92 Å². The van der Waals surface area contributed by atoms with E-state index in [1.54, 1.807) is 24.4 Å². The van der Waals surface area contributed by atoms with Gasteiger partial charge < -0.3 is 10.1 Å². The first-order valence-corrected chi connectivity index (χ1v) is 8.86. The van der Waals surface area contributed by atoms with Gasteiger partial charge in [-0.25, -0.2) is 0 Å². The molecule has 1 amide bonds. The molecule has 0 unspecified atom stereocenters. The van der Waals surface area contributed by atoms with Gasteiger partial charge in [0.15, 0.2) is 6.61 Å². The van der Waals surface area contributed by atoms with E-state index in [0.29, 0.717) is 16.3 Å². The van der Waals surface area contributed by atoms with Gasteiger partial charge in [-0.05, 0) is 55.0 Å². The van der Waals surface area contributed by atoms with Gasteiger partial charge in [-0.1, -0.05) is 41.9 Å². The Hall–Kier alpha value is -3.11. The Morgan fingerprint density at radius 2 is 1.89 bits per heavy atom. The number of halogens is 1. The van der Waals surface area contributed by atoms with E-state index in [4.69, 9.17) is 16.3 Å². The zero-order valence-corrected chi connectivity index (χ0v) is 15.6. The standard InChI is InChI=1S/C22H19ClN2O2/c1-16-6-5-9-20(12-16)25-22(26)15-27-21-11-10-18(23)13-17(21)14-24-19-7-3-2-4-8-19/h2-14H,15H2,1H3,(H,25,26). The van der Waals surface area contributed by atoms with E-state index < -0.39 is 0 Å². The number of amides is 1. The maximum absolute atomic E-state index is 12.2. The Kier molecular flexibility index (Phi) is 6.23. The second-order valence-corrected chi connectivity index (χ2v) is 6.42. The fraction of sp³-hybridized carbons (Fsp3) is 0.0909. The topological polar surface area (TPSA) is 50.7 Å². The minimum atomic E-state index is -0.235. The molecular weight excluding hydrogens is 360 g/mol. The molecule has 3 aromatic carbocycles. The molecule has 0 saturated heterocycles. The number of para-hydroxylation sites is 1. The van der Waals surface area contributed by atoms with E-state index in [1.165, 1.54) is 0 Å². The van der Waals surface area contributed by atoms with Gasteiger partial charge in [0.1, 0.15) is 5.75 Å². The summed E-state index contributed by atoms with van der Waals surface area (Å²) in [5.41, 5.74) is 3.34. The van der Waals surface area contributed by atoms with E-state index in [-0.39, 0.29) is 12.5 Å². The number of carbonyl (C=O) groups is 1. The predicted molar refractivity (Wildman–Crippen MR) is 110 cm³/mol. The number of carbonyl (C=O) groups excluding carboxylic acids is 1. The monoisotopic (exact) mass is 378 g/mol. The quantitative estimate of drug-likeness (QED) is 0.582. The molecule has 0 bridgehead atoms. The van der Waals surface area contributed by atoms with Crippen LogP contribution >= 0.6 is 11.6 Å². The van der Waals surface area contributed by atoms with Gasteiger partial charge in [0, 0.05) is 22.5 Å². The molecule has 0 fully saturated rings. The molecule has 3 aromatic rings. The summed E-state index contributed by atoms with van der Waals surface area (Å²) in [6.07, 6.45) is 1.68. The predicted octanol–water partition coefficient (Wildman–Crippen LogP) is 5.42. The largest absolute Gasteiger partial charge is 0.483 e. The van der Waals surface area contributed by atoms with Crippen molar-refractivity contribution in [2.75, 3.05) is 11.9 Å². The molecule has 0 spiro atoms. The molecule has 136 valence electrons. The van der Waals surface area contributed by atoms with Crippen molar-refractivity contribution >= 4 is 35.1 Å². The minimum absolute atomic E-state index is 0.109. The average molecular weight is 379 g/mol. The van der Waals surface area contributed by atoms with Crippen LogP contribution in [0.1, 0.15) is 11.1 Å². The summed E-state index contributed by atoms with van der Waals surface area (Å²) in [6.45, 7) is 1.86. The third-order valence-electron chi connectivity index (χ3n) is 3.74. The summed E-state index contributed by atoms with van der Waals surface area (Å²) in [6, 6.07) is 22.4. The molecule has 3 rings (SSSR count). The number of hydrogen-bond donors (Lipinski definition) is 1. The number of nitrogens with one attached hydrogen (secondary N) is 1. The Balaban J connectivity index is 1.67. The van der Waals surface area contributed by atoms with Crippen LogP contribution in [-0.2, 0) is 4.79 Å². The molecule has 0 aliphatic heterocycles. The van der Waals surface area contributed by atoms with E-state index in [0.717, 1.165) is 16.9 Å². The number of benzene rings is 3. The molecule has 0 aliphatic rings. The van der Waals surface area contributed by atoms with Crippen molar-refractivity contribution in [3.63, 3.8) is 0 Å². The van der Waals surface area contributed by atoms with Crippen molar-refractivity contribution in [3.8, 4) is 5.75 Å². The molecular formula is C22H19ClN2O2. The van der Waals surface area contributed by atoms with Crippen LogP contribution in [0.15, 0.2) is 77.8 Å². The number of aryl methyl sites for hydroxylation is 1. The first-order valence-electron chi connectivity index (χ1n) is 8.48. The molecule has 0 radical (unpaired) electrons. The fourth-order valence-corrected chi connectivity index (χ4v) is 2.65. The van der Waals surface area contributed by atoms with Crippen molar-refractivity contribution in [2.45, 2.75) is 6.92 Å². The van der Waals surface area contributed by atoms with Crippen molar-refractivity contribution in [1.29, 1.82) is 0 Å². The molecule has 4 nitrogen and oxygen atoms in total. The molecule has 0 aromatic heterocycles. The van der Waals surface area contributed by atoms with Crippen molar-refractivity contribution in [3.05, 3.63) is 88.9 Å². The van der Waals surface area contributed by atoms with Crippen molar-refractivity contribution in [2.24, 2.45) is 4.99 Å². The molecule has 0 aliphatic carbocycles. The van der Waals surface area contributed by atoms with Crippen LogP contribution in [0.2, 0.25) is 5.02 Å². The van der Waals surface area contributed by atoms with Gasteiger partial charge in [-0.3, -0.25) is 9.79 Å². The Morgan fingerprint density at radius 1 is 1.07 bits per heavy atom. The zero-order chi connectivity index (χ0) is 19.1. The number of nitrogens with zero attached hydrogens (tertiary/aromatic N) is 1. The van der Waals surface area contributed by atoms with Crippen molar-refractivity contribution < 1.29 is 9.53 Å². The SMILES string of the molecule is Cc1cccc(NC(=O)COc2ccc(Cl)cc2C=Nc2ccccc2)c1. The summed E-state index contributed by atoms with van der Waals surface area (Å²) in [7, 11) is 0. The van der Waals surface area contributed by atoms with Gasteiger partial charge in [-0.2, -0.15) is 0 Å². The van der Waals surface area contributed by atoms with Crippen LogP contribution in [0.4, 0.5) is 11.4 Å². The summed E-state index contributed by atoms with van der Waals surface area (Å²) >= 11 is 6.09. The average Bonchev–Trinajstić information content (AvgIpc) is 2.66. The summed E-state index contributed by atoms with van der Waals surface area (Å²) < 4.78 is 5.68. The third kappa shape index (κ3) is 5.69. The van der Waals surface area contributed by atoms with Crippen LogP contribution in [-0.4, -0.2) is 18.7 Å². The Morgan fingerprint density at radius 3 is 2.67 bits per heavy atom. The van der Waals surface area contributed by atoms with Crippen LogP contribution in [0.3, 0.4) is 0 Å².